The average molecular weight is 301 g/mol. The quantitative estimate of drug-likeness (QED) is 0.583. The molecule has 0 amide bonds. The summed E-state index contributed by atoms with van der Waals surface area (Å²) in [6.07, 6.45) is 6.82. The van der Waals surface area contributed by atoms with Crippen LogP contribution in [-0.4, -0.2) is 4.98 Å². The van der Waals surface area contributed by atoms with Crippen molar-refractivity contribution in [1.82, 2.24) is 4.98 Å². The molecule has 3 aromatic rings. The molecule has 1 nitrogen and oxygen atoms in total. The number of hydrogen-bond donors (Lipinski definition) is 0. The summed E-state index contributed by atoms with van der Waals surface area (Å²) in [7, 11) is 0. The lowest BCUT2D eigenvalue weighted by Crippen LogP contribution is -2.00. The summed E-state index contributed by atoms with van der Waals surface area (Å²) in [6.45, 7) is 2.13. The van der Waals surface area contributed by atoms with E-state index < -0.39 is 0 Å². The molecule has 0 saturated heterocycles. The first-order valence-corrected chi connectivity index (χ1v) is 8.75. The zero-order valence-corrected chi connectivity index (χ0v) is 13.8. The Labute approximate surface area is 138 Å². The molecule has 0 radical (unpaired) electrons. The van der Waals surface area contributed by atoms with Gasteiger partial charge in [-0.15, -0.1) is 0 Å². The number of pyridine rings is 1. The standard InChI is InChI=1S/C22H23N/c1-16-6-4-10-19(14-16)21-13-12-20-18(9-5-11-22(20)23-21)15-17-7-2-3-8-17/h4-6,9-14,17H,2-3,7-8,15H2,1H3. The van der Waals surface area contributed by atoms with Crippen LogP contribution in [0.5, 0.6) is 0 Å². The zero-order chi connectivity index (χ0) is 15.6. The normalized spacial score (nSPS) is 15.3. The van der Waals surface area contributed by atoms with E-state index in [0.717, 1.165) is 17.1 Å². The molecule has 4 rings (SSSR count). The van der Waals surface area contributed by atoms with Gasteiger partial charge in [0.25, 0.3) is 0 Å². The first-order chi connectivity index (χ1) is 11.3. The molecule has 1 aliphatic carbocycles. The molecule has 1 aromatic heterocycles. The molecule has 116 valence electrons. The summed E-state index contributed by atoms with van der Waals surface area (Å²) in [5.41, 5.74) is 6.14. The van der Waals surface area contributed by atoms with Crippen molar-refractivity contribution in [2.24, 2.45) is 5.92 Å². The Morgan fingerprint density at radius 2 is 1.78 bits per heavy atom. The number of benzene rings is 2. The van der Waals surface area contributed by atoms with Gasteiger partial charge in [-0.1, -0.05) is 67.6 Å². The van der Waals surface area contributed by atoms with Crippen LogP contribution in [0.1, 0.15) is 36.8 Å². The molecule has 2 aromatic carbocycles. The third kappa shape index (κ3) is 3.01. The molecule has 1 saturated carbocycles. The van der Waals surface area contributed by atoms with E-state index in [0.29, 0.717) is 0 Å². The van der Waals surface area contributed by atoms with Crippen molar-refractivity contribution >= 4 is 10.9 Å². The fourth-order valence-electron chi connectivity index (χ4n) is 3.89. The van der Waals surface area contributed by atoms with E-state index in [1.807, 2.05) is 0 Å². The van der Waals surface area contributed by atoms with Crippen molar-refractivity contribution in [2.45, 2.75) is 39.0 Å². The molecular formula is C22H23N. The van der Waals surface area contributed by atoms with Crippen molar-refractivity contribution in [1.29, 1.82) is 0 Å². The van der Waals surface area contributed by atoms with Gasteiger partial charge >= 0.3 is 0 Å². The van der Waals surface area contributed by atoms with Crippen LogP contribution < -0.4 is 0 Å². The van der Waals surface area contributed by atoms with Crippen LogP contribution in [0.3, 0.4) is 0 Å². The Bertz CT molecular complexity index is 828. The number of aromatic nitrogens is 1. The fraction of sp³-hybridized carbons (Fsp3) is 0.318. The smallest absolute Gasteiger partial charge is 0.0712 e. The molecule has 0 spiro atoms. The lowest BCUT2D eigenvalue weighted by atomic mass is 9.95. The van der Waals surface area contributed by atoms with Gasteiger partial charge in [-0.05, 0) is 43.0 Å². The predicted molar refractivity (Wildman–Crippen MR) is 97.6 cm³/mol. The van der Waals surface area contributed by atoms with Gasteiger partial charge in [0.05, 0.1) is 11.2 Å². The second-order valence-electron chi connectivity index (χ2n) is 6.90. The van der Waals surface area contributed by atoms with Gasteiger partial charge in [0, 0.05) is 10.9 Å². The van der Waals surface area contributed by atoms with Crippen molar-refractivity contribution < 1.29 is 0 Å². The molecule has 1 heteroatoms. The highest BCUT2D eigenvalue weighted by atomic mass is 14.7. The van der Waals surface area contributed by atoms with Gasteiger partial charge in [-0.2, -0.15) is 0 Å². The third-order valence-electron chi connectivity index (χ3n) is 5.12. The highest BCUT2D eigenvalue weighted by molar-refractivity contribution is 5.84. The first-order valence-electron chi connectivity index (χ1n) is 8.75. The van der Waals surface area contributed by atoms with E-state index in [2.05, 4.69) is 61.5 Å². The van der Waals surface area contributed by atoms with E-state index in [-0.39, 0.29) is 0 Å². The highest BCUT2D eigenvalue weighted by Gasteiger charge is 2.16. The van der Waals surface area contributed by atoms with Gasteiger partial charge in [-0.25, -0.2) is 4.98 Å². The van der Waals surface area contributed by atoms with Crippen molar-refractivity contribution in [3.8, 4) is 11.3 Å². The summed E-state index contributed by atoms with van der Waals surface area (Å²) < 4.78 is 0. The molecule has 0 bridgehead atoms. The van der Waals surface area contributed by atoms with Crippen molar-refractivity contribution in [2.75, 3.05) is 0 Å². The monoisotopic (exact) mass is 301 g/mol. The minimum Gasteiger partial charge on any atom is -0.248 e. The number of hydrogen-bond acceptors (Lipinski definition) is 1. The molecular weight excluding hydrogens is 278 g/mol. The van der Waals surface area contributed by atoms with Gasteiger partial charge in [0.2, 0.25) is 0 Å². The van der Waals surface area contributed by atoms with Crippen molar-refractivity contribution in [3.05, 3.63) is 65.7 Å². The largest absolute Gasteiger partial charge is 0.248 e. The van der Waals surface area contributed by atoms with Gasteiger partial charge in [-0.3, -0.25) is 0 Å². The minimum atomic E-state index is 0.872. The summed E-state index contributed by atoms with van der Waals surface area (Å²) in [5, 5.41) is 1.33. The van der Waals surface area contributed by atoms with Gasteiger partial charge in [0.1, 0.15) is 0 Å². The van der Waals surface area contributed by atoms with Crippen LogP contribution in [0.2, 0.25) is 0 Å². The maximum atomic E-state index is 4.92. The first kappa shape index (κ1) is 14.4. The van der Waals surface area contributed by atoms with E-state index in [1.165, 1.54) is 54.2 Å². The summed E-state index contributed by atoms with van der Waals surface area (Å²) in [6, 6.07) is 19.6. The molecule has 0 atom stereocenters. The van der Waals surface area contributed by atoms with E-state index in [4.69, 9.17) is 4.98 Å². The number of aryl methyl sites for hydroxylation is 1. The molecule has 1 heterocycles. The lowest BCUT2D eigenvalue weighted by Gasteiger charge is -2.12. The summed E-state index contributed by atoms with van der Waals surface area (Å²) in [4.78, 5) is 4.92. The molecule has 1 aliphatic rings. The second kappa shape index (κ2) is 6.16. The van der Waals surface area contributed by atoms with E-state index in [9.17, 15) is 0 Å². The number of rotatable bonds is 3. The van der Waals surface area contributed by atoms with Crippen LogP contribution in [0, 0.1) is 12.8 Å². The van der Waals surface area contributed by atoms with Crippen LogP contribution >= 0.6 is 0 Å². The third-order valence-corrected chi connectivity index (χ3v) is 5.12. The molecule has 0 unspecified atom stereocenters. The van der Waals surface area contributed by atoms with Crippen LogP contribution in [0.25, 0.3) is 22.2 Å². The maximum Gasteiger partial charge on any atom is 0.0712 e. The highest BCUT2D eigenvalue weighted by Crippen LogP contribution is 2.31. The Hall–Kier alpha value is -2.15. The maximum absolute atomic E-state index is 4.92. The summed E-state index contributed by atoms with van der Waals surface area (Å²) >= 11 is 0. The Balaban J connectivity index is 1.72. The molecule has 0 N–H and O–H groups in total. The van der Waals surface area contributed by atoms with Crippen LogP contribution in [0.4, 0.5) is 0 Å². The van der Waals surface area contributed by atoms with E-state index >= 15 is 0 Å². The molecule has 0 aliphatic heterocycles. The topological polar surface area (TPSA) is 12.9 Å². The predicted octanol–water partition coefficient (Wildman–Crippen LogP) is 5.94. The van der Waals surface area contributed by atoms with Crippen molar-refractivity contribution in [3.63, 3.8) is 0 Å². The van der Waals surface area contributed by atoms with Crippen LogP contribution in [-0.2, 0) is 6.42 Å². The number of fused-ring (bicyclic) bond motifs is 1. The Kier molecular flexibility index (Phi) is 3.87. The fourth-order valence-corrected chi connectivity index (χ4v) is 3.89. The molecule has 1 fully saturated rings. The minimum absolute atomic E-state index is 0.872. The lowest BCUT2D eigenvalue weighted by molar-refractivity contribution is 0.548. The SMILES string of the molecule is Cc1cccc(-c2ccc3c(CC4CCCC4)cccc3n2)c1. The van der Waals surface area contributed by atoms with E-state index in [1.54, 1.807) is 0 Å². The van der Waals surface area contributed by atoms with Crippen LogP contribution in [0.15, 0.2) is 54.6 Å². The summed E-state index contributed by atoms with van der Waals surface area (Å²) in [5.74, 6) is 0.872. The second-order valence-corrected chi connectivity index (χ2v) is 6.90. The Morgan fingerprint density at radius 3 is 2.61 bits per heavy atom. The zero-order valence-electron chi connectivity index (χ0n) is 13.8. The van der Waals surface area contributed by atoms with Gasteiger partial charge < -0.3 is 0 Å². The Morgan fingerprint density at radius 1 is 0.957 bits per heavy atom. The molecule has 23 heavy (non-hydrogen) atoms. The average Bonchev–Trinajstić information content (AvgIpc) is 3.08. The number of nitrogens with zero attached hydrogens (tertiary/aromatic N) is 1. The van der Waals surface area contributed by atoms with Gasteiger partial charge in [0.15, 0.2) is 0 Å².